The quantitative estimate of drug-likeness (QED) is 0.524. The van der Waals surface area contributed by atoms with E-state index in [4.69, 9.17) is 0 Å². The van der Waals surface area contributed by atoms with Crippen LogP contribution in [0, 0.1) is 13.8 Å². The Hall–Kier alpha value is -3.74. The van der Waals surface area contributed by atoms with Crippen molar-refractivity contribution < 1.29 is 4.79 Å². The lowest BCUT2D eigenvalue weighted by Crippen LogP contribution is -2.27. The zero-order valence-corrected chi connectivity index (χ0v) is 17.9. The first-order valence-electron chi connectivity index (χ1n) is 10.3. The lowest BCUT2D eigenvalue weighted by Gasteiger charge is -2.14. The Morgan fingerprint density at radius 1 is 1.03 bits per heavy atom. The van der Waals surface area contributed by atoms with Crippen LogP contribution in [0.3, 0.4) is 0 Å². The summed E-state index contributed by atoms with van der Waals surface area (Å²) >= 11 is 0. The van der Waals surface area contributed by atoms with E-state index >= 15 is 0 Å². The van der Waals surface area contributed by atoms with E-state index in [0.29, 0.717) is 12.2 Å². The summed E-state index contributed by atoms with van der Waals surface area (Å²) < 4.78 is 3.22. The number of aryl methyl sites for hydroxylation is 3. The molecule has 1 N–H and O–H groups in total. The summed E-state index contributed by atoms with van der Waals surface area (Å²) in [7, 11) is 0. The zero-order chi connectivity index (χ0) is 22.0. The number of fused-ring (bicyclic) bond motifs is 1. The number of hydrogen-bond acceptors (Lipinski definition) is 4. The van der Waals surface area contributed by atoms with Gasteiger partial charge in [-0.1, -0.05) is 36.4 Å². The van der Waals surface area contributed by atoms with Gasteiger partial charge < -0.3 is 5.32 Å². The molecule has 0 saturated carbocycles. The zero-order valence-electron chi connectivity index (χ0n) is 17.9. The molecule has 158 valence electrons. The predicted molar refractivity (Wildman–Crippen MR) is 119 cm³/mol. The molecule has 0 radical (unpaired) electrons. The SMILES string of the molecule is Cc1ccc(-n2ccn3c(CCC(=O)N[C@H](C)c4ccccc4)nnc3c2=O)cc1C. The van der Waals surface area contributed by atoms with E-state index in [1.165, 1.54) is 5.56 Å². The molecule has 2 aromatic carbocycles. The summed E-state index contributed by atoms with van der Waals surface area (Å²) in [4.78, 5) is 25.3. The van der Waals surface area contributed by atoms with Crippen LogP contribution < -0.4 is 10.9 Å². The van der Waals surface area contributed by atoms with Gasteiger partial charge in [-0.2, -0.15) is 0 Å². The summed E-state index contributed by atoms with van der Waals surface area (Å²) in [6, 6.07) is 15.6. The van der Waals surface area contributed by atoms with Crippen LogP contribution in [0.1, 0.15) is 41.9 Å². The van der Waals surface area contributed by atoms with E-state index in [9.17, 15) is 9.59 Å². The molecule has 0 aliphatic heterocycles. The van der Waals surface area contributed by atoms with Crippen molar-refractivity contribution in [2.45, 2.75) is 39.7 Å². The smallest absolute Gasteiger partial charge is 0.300 e. The molecular weight excluding hydrogens is 390 g/mol. The molecule has 2 heterocycles. The Balaban J connectivity index is 1.49. The van der Waals surface area contributed by atoms with Gasteiger partial charge in [-0.25, -0.2) is 0 Å². The normalized spacial score (nSPS) is 12.1. The molecule has 7 heteroatoms. The van der Waals surface area contributed by atoms with Crippen molar-refractivity contribution in [3.63, 3.8) is 0 Å². The number of rotatable bonds is 6. The molecule has 7 nitrogen and oxygen atoms in total. The minimum Gasteiger partial charge on any atom is -0.350 e. The van der Waals surface area contributed by atoms with E-state index in [1.807, 2.05) is 69.3 Å². The molecule has 0 saturated heterocycles. The van der Waals surface area contributed by atoms with Gasteiger partial charge in [0.1, 0.15) is 5.82 Å². The van der Waals surface area contributed by atoms with Gasteiger partial charge in [-0.3, -0.25) is 18.6 Å². The standard InChI is InChI=1S/C24H25N5O2/c1-16-9-10-20(15-17(16)2)28-13-14-29-21(26-27-23(29)24(28)31)11-12-22(30)25-18(3)19-7-5-4-6-8-19/h4-10,13-15,18H,11-12H2,1-3H3,(H,25,30)/t18-/m1/s1. The van der Waals surface area contributed by atoms with Gasteiger partial charge in [0.05, 0.1) is 6.04 Å². The number of carbonyl (C=O) groups is 1. The minimum atomic E-state index is -0.244. The number of aromatic nitrogens is 4. The second-order valence-electron chi connectivity index (χ2n) is 7.75. The van der Waals surface area contributed by atoms with Crippen LogP contribution in [0.25, 0.3) is 11.3 Å². The third kappa shape index (κ3) is 4.26. The molecule has 4 rings (SSSR count). The van der Waals surface area contributed by atoms with Gasteiger partial charge in [-0.05, 0) is 49.6 Å². The molecule has 0 aliphatic rings. The van der Waals surface area contributed by atoms with Crippen molar-refractivity contribution >= 4 is 11.6 Å². The highest BCUT2D eigenvalue weighted by molar-refractivity contribution is 5.76. The summed E-state index contributed by atoms with van der Waals surface area (Å²) in [5.74, 6) is 0.512. The number of amides is 1. The Labute approximate surface area is 180 Å². The monoisotopic (exact) mass is 415 g/mol. The second-order valence-corrected chi connectivity index (χ2v) is 7.75. The summed E-state index contributed by atoms with van der Waals surface area (Å²) in [5, 5.41) is 11.2. The topological polar surface area (TPSA) is 81.3 Å². The Morgan fingerprint density at radius 3 is 2.55 bits per heavy atom. The van der Waals surface area contributed by atoms with E-state index in [2.05, 4.69) is 15.5 Å². The highest BCUT2D eigenvalue weighted by atomic mass is 16.1. The molecular formula is C24H25N5O2. The van der Waals surface area contributed by atoms with Crippen LogP contribution in [0.15, 0.2) is 65.7 Å². The van der Waals surface area contributed by atoms with Gasteiger partial charge in [0, 0.05) is 30.9 Å². The third-order valence-corrected chi connectivity index (χ3v) is 5.56. The van der Waals surface area contributed by atoms with Gasteiger partial charge in [0.25, 0.3) is 0 Å². The number of nitrogens with zero attached hydrogens (tertiary/aromatic N) is 4. The van der Waals surface area contributed by atoms with Crippen LogP contribution in [-0.4, -0.2) is 25.1 Å². The number of nitrogens with one attached hydrogen (secondary N) is 1. The minimum absolute atomic E-state index is 0.0726. The van der Waals surface area contributed by atoms with Crippen LogP contribution in [0.5, 0.6) is 0 Å². The maximum absolute atomic E-state index is 12.9. The van der Waals surface area contributed by atoms with Crippen molar-refractivity contribution in [3.8, 4) is 5.69 Å². The number of benzene rings is 2. The third-order valence-electron chi connectivity index (χ3n) is 5.56. The fourth-order valence-corrected chi connectivity index (χ4v) is 3.55. The lowest BCUT2D eigenvalue weighted by atomic mass is 10.1. The fourth-order valence-electron chi connectivity index (χ4n) is 3.55. The first-order chi connectivity index (χ1) is 14.9. The molecule has 1 atom stereocenters. The molecule has 0 aliphatic carbocycles. The second kappa shape index (κ2) is 8.55. The van der Waals surface area contributed by atoms with Crippen LogP contribution in [0.4, 0.5) is 0 Å². The van der Waals surface area contributed by atoms with E-state index in [-0.39, 0.29) is 29.6 Å². The first-order valence-corrected chi connectivity index (χ1v) is 10.3. The molecule has 0 unspecified atom stereocenters. The summed E-state index contributed by atoms with van der Waals surface area (Å²) in [5.41, 5.74) is 4.12. The molecule has 0 bridgehead atoms. The van der Waals surface area contributed by atoms with Crippen molar-refractivity contribution in [3.05, 3.63) is 93.8 Å². The molecule has 2 aromatic heterocycles. The van der Waals surface area contributed by atoms with E-state index in [1.54, 1.807) is 21.4 Å². The van der Waals surface area contributed by atoms with Crippen LogP contribution in [-0.2, 0) is 11.2 Å². The predicted octanol–water partition coefficient (Wildman–Crippen LogP) is 3.31. The average molecular weight is 415 g/mol. The molecule has 0 fully saturated rings. The van der Waals surface area contributed by atoms with Gasteiger partial charge >= 0.3 is 5.56 Å². The van der Waals surface area contributed by atoms with Crippen LogP contribution in [0.2, 0.25) is 0 Å². The van der Waals surface area contributed by atoms with E-state index < -0.39 is 0 Å². The Bertz CT molecular complexity index is 1290. The number of hydrogen-bond donors (Lipinski definition) is 1. The van der Waals surface area contributed by atoms with Gasteiger partial charge in [0.15, 0.2) is 0 Å². The van der Waals surface area contributed by atoms with Gasteiger partial charge in [0.2, 0.25) is 11.6 Å². The maximum atomic E-state index is 12.9. The van der Waals surface area contributed by atoms with E-state index in [0.717, 1.165) is 16.8 Å². The summed E-state index contributed by atoms with van der Waals surface area (Å²) in [6.45, 7) is 6.00. The summed E-state index contributed by atoms with van der Waals surface area (Å²) in [6.07, 6.45) is 4.13. The fraction of sp³-hybridized carbons (Fsp3) is 0.250. The van der Waals surface area contributed by atoms with Crippen molar-refractivity contribution in [2.75, 3.05) is 0 Å². The van der Waals surface area contributed by atoms with Crippen molar-refractivity contribution in [1.82, 2.24) is 24.5 Å². The highest BCUT2D eigenvalue weighted by Gasteiger charge is 2.14. The number of carbonyl (C=O) groups excluding carboxylic acids is 1. The maximum Gasteiger partial charge on any atom is 0.300 e. The molecule has 4 aromatic rings. The van der Waals surface area contributed by atoms with Crippen molar-refractivity contribution in [2.24, 2.45) is 0 Å². The molecule has 0 spiro atoms. The molecule has 1 amide bonds. The Morgan fingerprint density at radius 2 is 1.81 bits per heavy atom. The first kappa shape index (κ1) is 20.5. The lowest BCUT2D eigenvalue weighted by molar-refractivity contribution is -0.121. The van der Waals surface area contributed by atoms with Crippen LogP contribution >= 0.6 is 0 Å². The average Bonchev–Trinajstić information content (AvgIpc) is 3.19. The van der Waals surface area contributed by atoms with Gasteiger partial charge in [-0.15, -0.1) is 10.2 Å². The van der Waals surface area contributed by atoms with Crippen molar-refractivity contribution in [1.29, 1.82) is 0 Å². The Kier molecular flexibility index (Phi) is 5.66. The molecule has 31 heavy (non-hydrogen) atoms. The highest BCUT2D eigenvalue weighted by Crippen LogP contribution is 2.14. The largest absolute Gasteiger partial charge is 0.350 e.